The Balaban J connectivity index is 2.35. The molecular weight excluding hydrogens is 381 g/mol. The SMILES string of the molecule is CC[C@@H](C)NC(=O)c1ccccc1NS(=O)(=O)c1cccc(C(F)(F)F)c1. The van der Waals surface area contributed by atoms with E-state index in [-0.39, 0.29) is 17.3 Å². The number of nitrogens with one attached hydrogen (secondary N) is 2. The summed E-state index contributed by atoms with van der Waals surface area (Å²) in [4.78, 5) is 11.8. The number of carbonyl (C=O) groups is 1. The highest BCUT2D eigenvalue weighted by molar-refractivity contribution is 7.92. The number of carbonyl (C=O) groups excluding carboxylic acids is 1. The summed E-state index contributed by atoms with van der Waals surface area (Å²) in [5.41, 5.74) is -1.02. The van der Waals surface area contributed by atoms with E-state index in [1.165, 1.54) is 18.2 Å². The first-order chi connectivity index (χ1) is 12.5. The van der Waals surface area contributed by atoms with Gasteiger partial charge in [0.2, 0.25) is 0 Å². The molecule has 0 fully saturated rings. The Labute approximate surface area is 155 Å². The highest BCUT2D eigenvalue weighted by Crippen LogP contribution is 2.31. The van der Waals surface area contributed by atoms with Crippen LogP contribution in [0, 0.1) is 0 Å². The number of anilines is 1. The van der Waals surface area contributed by atoms with Gasteiger partial charge in [-0.15, -0.1) is 0 Å². The summed E-state index contributed by atoms with van der Waals surface area (Å²) in [7, 11) is -4.32. The molecule has 0 saturated heterocycles. The highest BCUT2D eigenvalue weighted by atomic mass is 32.2. The number of halogens is 3. The van der Waals surface area contributed by atoms with E-state index >= 15 is 0 Å². The van der Waals surface area contributed by atoms with Gasteiger partial charge < -0.3 is 5.32 Å². The van der Waals surface area contributed by atoms with Gasteiger partial charge in [-0.25, -0.2) is 8.42 Å². The molecular formula is C18H19F3N2O3S. The van der Waals surface area contributed by atoms with Crippen LogP contribution in [0.25, 0.3) is 0 Å². The maximum atomic E-state index is 12.8. The second-order valence-electron chi connectivity index (χ2n) is 5.96. The fourth-order valence-electron chi connectivity index (χ4n) is 2.22. The smallest absolute Gasteiger partial charge is 0.350 e. The molecule has 0 aliphatic heterocycles. The number of benzene rings is 2. The molecule has 5 nitrogen and oxygen atoms in total. The van der Waals surface area contributed by atoms with Gasteiger partial charge >= 0.3 is 6.18 Å². The van der Waals surface area contributed by atoms with Gasteiger partial charge in [0, 0.05) is 6.04 Å². The van der Waals surface area contributed by atoms with Gasteiger partial charge in [0.25, 0.3) is 15.9 Å². The number of rotatable bonds is 6. The van der Waals surface area contributed by atoms with Crippen molar-refractivity contribution in [1.29, 1.82) is 0 Å². The first-order valence-electron chi connectivity index (χ1n) is 8.14. The van der Waals surface area contributed by atoms with Gasteiger partial charge in [0.1, 0.15) is 0 Å². The molecule has 2 aromatic carbocycles. The molecule has 0 aromatic heterocycles. The summed E-state index contributed by atoms with van der Waals surface area (Å²) >= 11 is 0. The van der Waals surface area contributed by atoms with Crippen molar-refractivity contribution in [3.8, 4) is 0 Å². The van der Waals surface area contributed by atoms with E-state index < -0.39 is 32.6 Å². The van der Waals surface area contributed by atoms with E-state index in [2.05, 4.69) is 10.0 Å². The quantitative estimate of drug-likeness (QED) is 0.769. The summed E-state index contributed by atoms with van der Waals surface area (Å²) < 4.78 is 65.8. The summed E-state index contributed by atoms with van der Waals surface area (Å²) in [6.45, 7) is 3.68. The minimum atomic E-state index is -4.67. The Morgan fingerprint density at radius 2 is 1.78 bits per heavy atom. The molecule has 2 N–H and O–H groups in total. The third kappa shape index (κ3) is 5.22. The van der Waals surface area contributed by atoms with Crippen LogP contribution in [0.4, 0.5) is 18.9 Å². The molecule has 0 spiro atoms. The Kier molecular flexibility index (Phi) is 6.15. The molecule has 2 rings (SSSR count). The van der Waals surface area contributed by atoms with Crippen molar-refractivity contribution in [3.63, 3.8) is 0 Å². The van der Waals surface area contributed by atoms with E-state index in [1.54, 1.807) is 13.0 Å². The number of sulfonamides is 1. The fraction of sp³-hybridized carbons (Fsp3) is 0.278. The number of para-hydroxylation sites is 1. The summed E-state index contributed by atoms with van der Waals surface area (Å²) in [5.74, 6) is -0.480. The molecule has 0 saturated carbocycles. The predicted molar refractivity (Wildman–Crippen MR) is 95.9 cm³/mol. The van der Waals surface area contributed by atoms with Crippen LogP contribution >= 0.6 is 0 Å². The maximum Gasteiger partial charge on any atom is 0.416 e. The predicted octanol–water partition coefficient (Wildman–Crippen LogP) is 4.03. The van der Waals surface area contributed by atoms with Gasteiger partial charge in [-0.1, -0.05) is 25.1 Å². The molecule has 1 atom stereocenters. The topological polar surface area (TPSA) is 75.3 Å². The van der Waals surface area contributed by atoms with Crippen molar-refractivity contribution in [2.24, 2.45) is 0 Å². The first-order valence-corrected chi connectivity index (χ1v) is 9.63. The van der Waals surface area contributed by atoms with E-state index in [1.807, 2.05) is 6.92 Å². The lowest BCUT2D eigenvalue weighted by atomic mass is 10.1. The Hall–Kier alpha value is -2.55. The monoisotopic (exact) mass is 400 g/mol. The molecule has 9 heteroatoms. The van der Waals surface area contributed by atoms with Crippen LogP contribution in [0.3, 0.4) is 0 Å². The van der Waals surface area contributed by atoms with Gasteiger partial charge in [0.05, 0.1) is 21.7 Å². The number of hydrogen-bond donors (Lipinski definition) is 2. The van der Waals surface area contributed by atoms with Crippen LogP contribution in [0.2, 0.25) is 0 Å². The zero-order valence-corrected chi connectivity index (χ0v) is 15.5. The third-order valence-corrected chi connectivity index (χ3v) is 5.24. The Morgan fingerprint density at radius 3 is 2.41 bits per heavy atom. The molecule has 27 heavy (non-hydrogen) atoms. The fourth-order valence-corrected chi connectivity index (χ4v) is 3.34. The van der Waals surface area contributed by atoms with E-state index in [0.717, 1.165) is 18.2 Å². The molecule has 0 heterocycles. The molecule has 0 aliphatic rings. The molecule has 0 aliphatic carbocycles. The van der Waals surface area contributed by atoms with Gasteiger partial charge in [-0.3, -0.25) is 9.52 Å². The zero-order chi connectivity index (χ0) is 20.2. The van der Waals surface area contributed by atoms with E-state index in [9.17, 15) is 26.4 Å². The molecule has 0 radical (unpaired) electrons. The summed E-state index contributed by atoms with van der Waals surface area (Å²) in [5, 5.41) is 2.72. The van der Waals surface area contributed by atoms with Crippen molar-refractivity contribution < 1.29 is 26.4 Å². The van der Waals surface area contributed by atoms with E-state index in [0.29, 0.717) is 12.5 Å². The summed E-state index contributed by atoms with van der Waals surface area (Å²) in [6.07, 6.45) is -3.98. The van der Waals surface area contributed by atoms with Crippen molar-refractivity contribution in [2.45, 2.75) is 37.4 Å². The van der Waals surface area contributed by atoms with Gasteiger partial charge in [-0.05, 0) is 43.7 Å². The van der Waals surface area contributed by atoms with Crippen molar-refractivity contribution in [3.05, 3.63) is 59.7 Å². The normalized spacial score (nSPS) is 13.1. The minimum Gasteiger partial charge on any atom is -0.350 e. The second-order valence-corrected chi connectivity index (χ2v) is 7.64. The van der Waals surface area contributed by atoms with Crippen LogP contribution in [0.5, 0.6) is 0 Å². The van der Waals surface area contributed by atoms with Crippen LogP contribution in [0.15, 0.2) is 53.4 Å². The number of amides is 1. The van der Waals surface area contributed by atoms with Gasteiger partial charge in [0.15, 0.2) is 0 Å². The van der Waals surface area contributed by atoms with Crippen LogP contribution in [0.1, 0.15) is 36.2 Å². The standard InChI is InChI=1S/C18H19F3N2O3S/c1-3-12(2)22-17(24)15-9-4-5-10-16(15)23-27(25,26)14-8-6-7-13(11-14)18(19,20)21/h4-12,23H,3H2,1-2H3,(H,22,24)/t12-/m1/s1. The molecule has 0 bridgehead atoms. The maximum absolute atomic E-state index is 12.8. The first kappa shape index (κ1) is 20.8. The lowest BCUT2D eigenvalue weighted by molar-refractivity contribution is -0.137. The van der Waals surface area contributed by atoms with Crippen LogP contribution in [-0.4, -0.2) is 20.4 Å². The summed E-state index contributed by atoms with van der Waals surface area (Å²) in [6, 6.07) is 9.16. The molecule has 146 valence electrons. The molecule has 2 aromatic rings. The largest absolute Gasteiger partial charge is 0.416 e. The Bertz CT molecular complexity index is 927. The molecule has 0 unspecified atom stereocenters. The second kappa shape index (κ2) is 7.99. The van der Waals surface area contributed by atoms with Crippen molar-refractivity contribution >= 4 is 21.6 Å². The third-order valence-electron chi connectivity index (χ3n) is 3.88. The zero-order valence-electron chi connectivity index (χ0n) is 14.7. The van der Waals surface area contributed by atoms with Crippen LogP contribution in [-0.2, 0) is 16.2 Å². The lowest BCUT2D eigenvalue weighted by Gasteiger charge is -2.16. The van der Waals surface area contributed by atoms with E-state index in [4.69, 9.17) is 0 Å². The number of hydrogen-bond acceptors (Lipinski definition) is 3. The van der Waals surface area contributed by atoms with Gasteiger partial charge in [-0.2, -0.15) is 13.2 Å². The van der Waals surface area contributed by atoms with Crippen molar-refractivity contribution in [1.82, 2.24) is 5.32 Å². The highest BCUT2D eigenvalue weighted by Gasteiger charge is 2.31. The number of alkyl halides is 3. The average Bonchev–Trinajstić information content (AvgIpc) is 2.61. The van der Waals surface area contributed by atoms with Crippen LogP contribution < -0.4 is 10.0 Å². The Morgan fingerprint density at radius 1 is 1.11 bits per heavy atom. The molecule has 1 amide bonds. The van der Waals surface area contributed by atoms with Crippen molar-refractivity contribution in [2.75, 3.05) is 4.72 Å². The minimum absolute atomic E-state index is 0.0179. The lowest BCUT2D eigenvalue weighted by Crippen LogP contribution is -2.32. The average molecular weight is 400 g/mol.